The molecule has 0 spiro atoms. The predicted molar refractivity (Wildman–Crippen MR) is 63.3 cm³/mol. The minimum Gasteiger partial charge on any atom is -0.389 e. The molecular formula is C10H13NS2. The van der Waals surface area contributed by atoms with Crippen LogP contribution in [0.15, 0.2) is 29.2 Å². The van der Waals surface area contributed by atoms with Crippen LogP contribution in [0.25, 0.3) is 0 Å². The Morgan fingerprint density at radius 2 is 2.00 bits per heavy atom. The van der Waals surface area contributed by atoms with Crippen LogP contribution in [-0.2, 0) is 0 Å². The van der Waals surface area contributed by atoms with Crippen molar-refractivity contribution in [2.45, 2.75) is 24.0 Å². The smallest absolute Gasteiger partial charge is 0.105 e. The maximum Gasteiger partial charge on any atom is 0.105 e. The molecule has 0 amide bonds. The van der Waals surface area contributed by atoms with E-state index in [1.807, 2.05) is 18.2 Å². The minimum absolute atomic E-state index is 0.476. The molecule has 0 fully saturated rings. The van der Waals surface area contributed by atoms with Gasteiger partial charge >= 0.3 is 0 Å². The summed E-state index contributed by atoms with van der Waals surface area (Å²) in [6.07, 6.45) is 0. The molecular weight excluding hydrogens is 198 g/mol. The third kappa shape index (κ3) is 3.01. The number of rotatable bonds is 3. The lowest BCUT2D eigenvalue weighted by atomic mass is 10.2. The number of thioether (sulfide) groups is 1. The van der Waals surface area contributed by atoms with Crippen LogP contribution in [0.2, 0.25) is 0 Å². The van der Waals surface area contributed by atoms with Crippen molar-refractivity contribution in [2.75, 3.05) is 0 Å². The van der Waals surface area contributed by atoms with Crippen molar-refractivity contribution in [1.29, 1.82) is 0 Å². The van der Waals surface area contributed by atoms with Gasteiger partial charge in [0.05, 0.1) is 0 Å². The summed E-state index contributed by atoms with van der Waals surface area (Å²) >= 11 is 6.75. The van der Waals surface area contributed by atoms with Crippen molar-refractivity contribution >= 4 is 29.0 Å². The fourth-order valence-corrected chi connectivity index (χ4v) is 2.24. The van der Waals surface area contributed by atoms with Crippen molar-refractivity contribution in [3.63, 3.8) is 0 Å². The molecule has 0 atom stereocenters. The van der Waals surface area contributed by atoms with Crippen LogP contribution in [0, 0.1) is 0 Å². The average Bonchev–Trinajstić information content (AvgIpc) is 2.03. The Balaban J connectivity index is 2.98. The molecule has 0 aliphatic carbocycles. The van der Waals surface area contributed by atoms with Gasteiger partial charge in [-0.2, -0.15) is 0 Å². The van der Waals surface area contributed by atoms with E-state index in [0.717, 1.165) is 5.56 Å². The second-order valence-corrected chi connectivity index (χ2v) is 5.09. The zero-order valence-corrected chi connectivity index (χ0v) is 9.41. The molecule has 0 aliphatic rings. The summed E-state index contributed by atoms with van der Waals surface area (Å²) in [6, 6.07) is 7.98. The minimum atomic E-state index is 0.476. The fourth-order valence-electron chi connectivity index (χ4n) is 1.03. The summed E-state index contributed by atoms with van der Waals surface area (Å²) in [6.45, 7) is 4.31. The van der Waals surface area contributed by atoms with Gasteiger partial charge in [-0.1, -0.05) is 44.3 Å². The Morgan fingerprint density at radius 1 is 1.38 bits per heavy atom. The average molecular weight is 211 g/mol. The van der Waals surface area contributed by atoms with E-state index in [4.69, 9.17) is 18.0 Å². The van der Waals surface area contributed by atoms with Crippen LogP contribution in [0.3, 0.4) is 0 Å². The molecule has 2 N–H and O–H groups in total. The molecule has 0 saturated carbocycles. The summed E-state index contributed by atoms with van der Waals surface area (Å²) in [5.74, 6) is 0. The highest BCUT2D eigenvalue weighted by Gasteiger charge is 2.05. The van der Waals surface area contributed by atoms with Gasteiger partial charge in [0.2, 0.25) is 0 Å². The first-order valence-electron chi connectivity index (χ1n) is 4.16. The number of hydrogen-bond donors (Lipinski definition) is 1. The monoisotopic (exact) mass is 211 g/mol. The van der Waals surface area contributed by atoms with E-state index < -0.39 is 0 Å². The van der Waals surface area contributed by atoms with Crippen molar-refractivity contribution < 1.29 is 0 Å². The number of thiocarbonyl (C=S) groups is 1. The van der Waals surface area contributed by atoms with Gasteiger partial charge in [0, 0.05) is 15.7 Å². The topological polar surface area (TPSA) is 26.0 Å². The van der Waals surface area contributed by atoms with E-state index in [2.05, 4.69) is 19.9 Å². The van der Waals surface area contributed by atoms with Gasteiger partial charge in [0.1, 0.15) is 4.99 Å². The van der Waals surface area contributed by atoms with Crippen molar-refractivity contribution in [2.24, 2.45) is 5.73 Å². The van der Waals surface area contributed by atoms with Crippen molar-refractivity contribution in [3.05, 3.63) is 29.8 Å². The molecule has 1 aromatic rings. The summed E-state index contributed by atoms with van der Waals surface area (Å²) in [7, 11) is 0. The first-order valence-corrected chi connectivity index (χ1v) is 5.45. The summed E-state index contributed by atoms with van der Waals surface area (Å²) in [5.41, 5.74) is 6.59. The molecule has 70 valence electrons. The molecule has 3 heteroatoms. The lowest BCUT2D eigenvalue weighted by molar-refractivity contribution is 1.11. The van der Waals surface area contributed by atoms with E-state index in [1.54, 1.807) is 11.8 Å². The normalized spacial score (nSPS) is 10.4. The predicted octanol–water partition coefficient (Wildman–Crippen LogP) is 2.82. The van der Waals surface area contributed by atoms with E-state index in [-0.39, 0.29) is 0 Å². The molecule has 0 saturated heterocycles. The highest BCUT2D eigenvalue weighted by molar-refractivity contribution is 8.00. The highest BCUT2D eigenvalue weighted by Crippen LogP contribution is 2.26. The van der Waals surface area contributed by atoms with Gasteiger partial charge in [-0.3, -0.25) is 0 Å². The van der Waals surface area contributed by atoms with Gasteiger partial charge in [-0.25, -0.2) is 0 Å². The van der Waals surface area contributed by atoms with Gasteiger partial charge in [-0.15, -0.1) is 11.8 Å². The van der Waals surface area contributed by atoms with Crippen LogP contribution < -0.4 is 5.73 Å². The zero-order chi connectivity index (χ0) is 9.84. The zero-order valence-electron chi connectivity index (χ0n) is 7.78. The maximum atomic E-state index is 5.61. The van der Waals surface area contributed by atoms with Crippen LogP contribution in [-0.4, -0.2) is 10.2 Å². The largest absolute Gasteiger partial charge is 0.389 e. The van der Waals surface area contributed by atoms with Crippen LogP contribution >= 0.6 is 24.0 Å². The third-order valence-electron chi connectivity index (χ3n) is 1.52. The molecule has 0 aliphatic heterocycles. The molecule has 0 bridgehead atoms. The van der Waals surface area contributed by atoms with E-state index >= 15 is 0 Å². The van der Waals surface area contributed by atoms with Gasteiger partial charge in [0.25, 0.3) is 0 Å². The summed E-state index contributed by atoms with van der Waals surface area (Å²) < 4.78 is 0. The van der Waals surface area contributed by atoms with Gasteiger partial charge in [0.15, 0.2) is 0 Å². The molecule has 1 rings (SSSR count). The molecule has 0 radical (unpaired) electrons. The van der Waals surface area contributed by atoms with Crippen LogP contribution in [0.1, 0.15) is 19.4 Å². The number of hydrogen-bond acceptors (Lipinski definition) is 2. The summed E-state index contributed by atoms with van der Waals surface area (Å²) in [5, 5.41) is 0.551. The Hall–Kier alpha value is -0.540. The second-order valence-electron chi connectivity index (χ2n) is 3.03. The standard InChI is InChI=1S/C10H13NS2/c1-7(2)13-9-6-4-3-5-8(9)10(11)12/h3-7H,1-2H3,(H2,11,12). The SMILES string of the molecule is CC(C)Sc1ccccc1C(N)=S. The quantitative estimate of drug-likeness (QED) is 0.615. The van der Waals surface area contributed by atoms with Crippen molar-refractivity contribution in [1.82, 2.24) is 0 Å². The highest BCUT2D eigenvalue weighted by atomic mass is 32.2. The fraction of sp³-hybridized carbons (Fsp3) is 0.300. The molecule has 1 aromatic carbocycles. The first kappa shape index (κ1) is 10.5. The van der Waals surface area contributed by atoms with E-state index in [9.17, 15) is 0 Å². The van der Waals surface area contributed by atoms with Gasteiger partial charge in [-0.05, 0) is 6.07 Å². The lowest BCUT2D eigenvalue weighted by Gasteiger charge is -2.09. The second kappa shape index (κ2) is 4.63. The van der Waals surface area contributed by atoms with E-state index in [1.165, 1.54) is 4.90 Å². The molecule has 1 nitrogen and oxygen atoms in total. The number of benzene rings is 1. The summed E-state index contributed by atoms with van der Waals surface area (Å²) in [4.78, 5) is 1.65. The lowest BCUT2D eigenvalue weighted by Crippen LogP contribution is -2.10. The Kier molecular flexibility index (Phi) is 3.75. The Morgan fingerprint density at radius 3 is 2.54 bits per heavy atom. The molecule has 0 unspecified atom stereocenters. The molecule has 13 heavy (non-hydrogen) atoms. The van der Waals surface area contributed by atoms with Crippen molar-refractivity contribution in [3.8, 4) is 0 Å². The third-order valence-corrected chi connectivity index (χ3v) is 2.82. The Labute approximate surface area is 88.7 Å². The Bertz CT molecular complexity index is 308. The maximum absolute atomic E-state index is 5.61. The van der Waals surface area contributed by atoms with Crippen LogP contribution in [0.4, 0.5) is 0 Å². The number of nitrogens with two attached hydrogens (primary N) is 1. The first-order chi connectivity index (χ1) is 6.11. The van der Waals surface area contributed by atoms with Crippen LogP contribution in [0.5, 0.6) is 0 Å². The van der Waals surface area contributed by atoms with E-state index in [0.29, 0.717) is 10.2 Å². The molecule has 0 heterocycles. The van der Waals surface area contributed by atoms with Gasteiger partial charge < -0.3 is 5.73 Å². The molecule has 0 aromatic heterocycles.